The van der Waals surface area contributed by atoms with Gasteiger partial charge in [-0.1, -0.05) is 6.07 Å². The summed E-state index contributed by atoms with van der Waals surface area (Å²) in [6.07, 6.45) is -1.08. The van der Waals surface area contributed by atoms with Crippen molar-refractivity contribution in [3.63, 3.8) is 0 Å². The number of rotatable bonds is 5. The number of hydrogen-bond acceptors (Lipinski definition) is 7. The van der Waals surface area contributed by atoms with Crippen LogP contribution < -0.4 is 20.1 Å². The Labute approximate surface area is 233 Å². The summed E-state index contributed by atoms with van der Waals surface area (Å²) in [6, 6.07) is 12.5. The number of carboxylic acid groups (broad SMARTS) is 1. The van der Waals surface area contributed by atoms with E-state index in [4.69, 9.17) is 19.4 Å². The van der Waals surface area contributed by atoms with Crippen LogP contribution >= 0.6 is 11.3 Å². The molecule has 0 bridgehead atoms. The summed E-state index contributed by atoms with van der Waals surface area (Å²) < 4.78 is 43.8. The highest BCUT2D eigenvalue weighted by atomic mass is 32.1. The summed E-state index contributed by atoms with van der Waals surface area (Å²) in [6.45, 7) is 1.05. The molecule has 2 fully saturated rings. The number of nitrogens with zero attached hydrogens (tertiary/aromatic N) is 2. The van der Waals surface area contributed by atoms with Gasteiger partial charge in [0.05, 0.1) is 29.9 Å². The van der Waals surface area contributed by atoms with E-state index < -0.39 is 12.1 Å². The van der Waals surface area contributed by atoms with Crippen molar-refractivity contribution in [1.82, 2.24) is 15.2 Å². The number of halogens is 3. The van der Waals surface area contributed by atoms with Gasteiger partial charge in [-0.05, 0) is 75.2 Å². The highest BCUT2D eigenvalue weighted by Gasteiger charge is 2.50. The number of hydrogen-bond donors (Lipinski definition) is 3. The first kappa shape index (κ1) is 29.4. The predicted octanol–water partition coefficient (Wildman–Crippen LogP) is 5.26. The molecule has 0 unspecified atom stereocenters. The third-order valence-corrected chi connectivity index (χ3v) is 8.44. The minimum atomic E-state index is -5.08. The van der Waals surface area contributed by atoms with Crippen molar-refractivity contribution in [1.29, 1.82) is 0 Å². The Morgan fingerprint density at radius 1 is 1.12 bits per heavy atom. The van der Waals surface area contributed by atoms with Crippen LogP contribution in [-0.2, 0) is 10.2 Å². The number of benzene rings is 2. The molecule has 0 spiro atoms. The number of aromatic nitrogens is 1. The Bertz CT molecular complexity index is 1370. The third kappa shape index (κ3) is 6.25. The molecule has 1 aliphatic heterocycles. The van der Waals surface area contributed by atoms with Crippen LogP contribution in [-0.4, -0.2) is 73.1 Å². The van der Waals surface area contributed by atoms with Gasteiger partial charge in [-0.25, -0.2) is 14.6 Å². The number of anilines is 1. The van der Waals surface area contributed by atoms with Crippen LogP contribution in [0.15, 0.2) is 41.9 Å². The van der Waals surface area contributed by atoms with Crippen molar-refractivity contribution in [3.05, 3.63) is 47.5 Å². The Balaban J connectivity index is 0.000000470. The summed E-state index contributed by atoms with van der Waals surface area (Å²) in [5.41, 5.74) is 4.93. The van der Waals surface area contributed by atoms with Gasteiger partial charge in [-0.3, -0.25) is 0 Å². The number of aliphatic carboxylic acids is 1. The molecule has 13 heteroatoms. The molecule has 40 heavy (non-hydrogen) atoms. The molecule has 1 aromatic heterocycles. The van der Waals surface area contributed by atoms with Gasteiger partial charge in [0.2, 0.25) is 0 Å². The van der Waals surface area contributed by atoms with Crippen LogP contribution in [0.4, 0.5) is 23.7 Å². The number of carboxylic acids is 1. The van der Waals surface area contributed by atoms with Crippen LogP contribution in [0.1, 0.15) is 31.2 Å². The first-order valence-corrected chi connectivity index (χ1v) is 13.5. The quantitative estimate of drug-likeness (QED) is 0.377. The average Bonchev–Trinajstić information content (AvgIpc) is 3.52. The third-order valence-electron chi connectivity index (χ3n) is 7.65. The predicted molar refractivity (Wildman–Crippen MR) is 145 cm³/mol. The molecule has 9 nitrogen and oxygen atoms in total. The van der Waals surface area contributed by atoms with Crippen LogP contribution in [0, 0.1) is 0 Å². The molecular formula is C27H31F3N4O5S. The summed E-state index contributed by atoms with van der Waals surface area (Å²) in [7, 11) is 5.54. The van der Waals surface area contributed by atoms with Gasteiger partial charge in [0.1, 0.15) is 0 Å². The molecular weight excluding hydrogens is 549 g/mol. The van der Waals surface area contributed by atoms with E-state index in [2.05, 4.69) is 39.7 Å². The summed E-state index contributed by atoms with van der Waals surface area (Å²) in [5, 5.41) is 13.3. The molecule has 2 heterocycles. The lowest BCUT2D eigenvalue weighted by Crippen LogP contribution is -2.52. The average molecular weight is 581 g/mol. The number of carbonyl (C=O) groups is 2. The molecule has 1 saturated carbocycles. The van der Waals surface area contributed by atoms with Gasteiger partial charge < -0.3 is 30.1 Å². The molecule has 2 aromatic carbocycles. The molecule has 1 aliphatic carbocycles. The topological polar surface area (TPSA) is 113 Å². The maximum atomic E-state index is 12.8. The van der Waals surface area contributed by atoms with E-state index in [-0.39, 0.29) is 17.5 Å². The zero-order valence-electron chi connectivity index (χ0n) is 22.2. The maximum absolute atomic E-state index is 12.8. The van der Waals surface area contributed by atoms with Crippen molar-refractivity contribution < 1.29 is 37.3 Å². The van der Waals surface area contributed by atoms with Crippen molar-refractivity contribution in [2.45, 2.75) is 49.4 Å². The second-order valence-electron chi connectivity index (χ2n) is 9.88. The van der Waals surface area contributed by atoms with E-state index in [0.29, 0.717) is 6.04 Å². The largest absolute Gasteiger partial charge is 0.493 e. The summed E-state index contributed by atoms with van der Waals surface area (Å²) in [5.74, 6) is -1.23. The van der Waals surface area contributed by atoms with Gasteiger partial charge in [0, 0.05) is 23.2 Å². The van der Waals surface area contributed by atoms with E-state index in [9.17, 15) is 18.0 Å². The molecule has 3 aromatic rings. The Morgan fingerprint density at radius 3 is 2.52 bits per heavy atom. The standard InChI is InChI=1S/C25H30N4O3S.C2HF3O2/c1-29-11-10-25(16-4-7-20(31-2)21(12-16)32-3)9-8-18(14-23(25)29)28-24(30)27-17-5-6-19-22(13-17)33-15-26-19;3-2(4,5)1(6)7/h4-7,12-13,15,18,23H,8-11,14H2,1-3H3,(H2,27,28,30);(H,6,7)/t18-,23+,25+;/m1./s1. The van der Waals surface area contributed by atoms with Gasteiger partial charge in [-0.15, -0.1) is 11.3 Å². The number of carbonyl (C=O) groups excluding carboxylic acids is 1. The van der Waals surface area contributed by atoms with E-state index in [1.807, 2.05) is 29.8 Å². The monoisotopic (exact) mass is 580 g/mol. The molecule has 3 N–H and O–H groups in total. The van der Waals surface area contributed by atoms with Gasteiger partial charge in [0.15, 0.2) is 11.5 Å². The van der Waals surface area contributed by atoms with Gasteiger partial charge in [-0.2, -0.15) is 13.2 Å². The number of methoxy groups -OCH3 is 2. The number of likely N-dealkylation sites (N-methyl/N-ethyl adjacent to an activating group) is 1. The first-order valence-electron chi connectivity index (χ1n) is 12.6. The zero-order valence-corrected chi connectivity index (χ0v) is 23.1. The SMILES string of the molecule is COc1ccc([C@@]23CC[C@@H](NC(=O)Nc4ccc5ncsc5c4)C[C@@H]2N(C)CC3)cc1OC.O=C(O)C(F)(F)F. The van der Waals surface area contributed by atoms with Gasteiger partial charge >= 0.3 is 18.2 Å². The van der Waals surface area contributed by atoms with Gasteiger partial charge in [0.25, 0.3) is 0 Å². The Hall–Kier alpha value is -3.58. The maximum Gasteiger partial charge on any atom is 0.490 e. The molecule has 5 rings (SSSR count). The number of urea groups is 1. The fourth-order valence-corrected chi connectivity index (χ4v) is 6.40. The van der Waals surface area contributed by atoms with E-state index in [1.54, 1.807) is 25.6 Å². The Kier molecular flexibility index (Phi) is 8.74. The minimum absolute atomic E-state index is 0.0696. The van der Waals surface area contributed by atoms with Crippen molar-refractivity contribution in [3.8, 4) is 11.5 Å². The minimum Gasteiger partial charge on any atom is -0.493 e. The highest BCUT2D eigenvalue weighted by molar-refractivity contribution is 7.16. The Morgan fingerprint density at radius 2 is 1.85 bits per heavy atom. The summed E-state index contributed by atoms with van der Waals surface area (Å²) >= 11 is 1.57. The lowest BCUT2D eigenvalue weighted by Gasteiger charge is -2.45. The van der Waals surface area contributed by atoms with E-state index in [0.717, 1.165) is 59.6 Å². The fourth-order valence-electron chi connectivity index (χ4n) is 5.68. The van der Waals surface area contributed by atoms with Crippen molar-refractivity contribution in [2.24, 2.45) is 0 Å². The zero-order chi connectivity index (χ0) is 29.1. The molecule has 2 aliphatic rings. The number of thiazole rings is 1. The number of ether oxygens (including phenoxy) is 2. The fraction of sp³-hybridized carbons (Fsp3) is 0.444. The molecule has 1 saturated heterocycles. The summed E-state index contributed by atoms with van der Waals surface area (Å²) in [4.78, 5) is 28.4. The molecule has 216 valence electrons. The van der Waals surface area contributed by atoms with Crippen LogP contribution in [0.5, 0.6) is 11.5 Å². The van der Waals surface area contributed by atoms with Crippen LogP contribution in [0.2, 0.25) is 0 Å². The second-order valence-corrected chi connectivity index (χ2v) is 10.8. The number of nitrogens with one attached hydrogen (secondary N) is 2. The number of likely N-dealkylation sites (tertiary alicyclic amines) is 1. The number of amides is 2. The lowest BCUT2D eigenvalue weighted by atomic mass is 9.65. The number of fused-ring (bicyclic) bond motifs is 2. The number of alkyl halides is 3. The normalized spacial score (nSPS) is 22.6. The smallest absolute Gasteiger partial charge is 0.490 e. The van der Waals surface area contributed by atoms with E-state index >= 15 is 0 Å². The molecule has 0 radical (unpaired) electrons. The first-order chi connectivity index (χ1) is 19.0. The van der Waals surface area contributed by atoms with Crippen LogP contribution in [0.3, 0.4) is 0 Å². The van der Waals surface area contributed by atoms with Crippen molar-refractivity contribution >= 4 is 39.2 Å². The van der Waals surface area contributed by atoms with E-state index in [1.165, 1.54) is 5.56 Å². The molecule has 2 amide bonds. The lowest BCUT2D eigenvalue weighted by molar-refractivity contribution is -0.192. The van der Waals surface area contributed by atoms with Crippen molar-refractivity contribution in [2.75, 3.05) is 33.1 Å². The van der Waals surface area contributed by atoms with Crippen LogP contribution in [0.25, 0.3) is 10.2 Å². The second kappa shape index (κ2) is 11.9. The highest BCUT2D eigenvalue weighted by Crippen LogP contribution is 2.49. The molecule has 3 atom stereocenters.